The fourth-order valence-corrected chi connectivity index (χ4v) is 1.59. The van der Waals surface area contributed by atoms with Gasteiger partial charge in [0.05, 0.1) is 24.3 Å². The molecule has 0 saturated heterocycles. The maximum Gasteiger partial charge on any atom is 0.131 e. The molecule has 1 aromatic carbocycles. The van der Waals surface area contributed by atoms with Crippen LogP contribution in [0.5, 0.6) is 0 Å². The van der Waals surface area contributed by atoms with Gasteiger partial charge in [-0.3, -0.25) is 0 Å². The molecule has 0 aliphatic heterocycles. The molecule has 2 N–H and O–H groups in total. The smallest absolute Gasteiger partial charge is 0.131 e. The summed E-state index contributed by atoms with van der Waals surface area (Å²) >= 11 is 0. The molecule has 1 unspecified atom stereocenters. The number of ether oxygens (including phenoxy) is 1. The predicted octanol–water partition coefficient (Wildman–Crippen LogP) is 1.32. The molecule has 1 rings (SSSR count). The number of hydrogen-bond donors (Lipinski definition) is 2. The Morgan fingerprint density at radius 3 is 2.58 bits per heavy atom. The molecule has 0 aromatic heterocycles. The van der Waals surface area contributed by atoms with Crippen molar-refractivity contribution in [3.8, 4) is 6.07 Å². The van der Waals surface area contributed by atoms with E-state index in [1.807, 2.05) is 0 Å². The number of nitrogens with one attached hydrogen (secondary N) is 1. The number of methoxy groups -OCH3 is 1. The van der Waals surface area contributed by atoms with Gasteiger partial charge in [0, 0.05) is 19.2 Å². The molecule has 19 heavy (non-hydrogen) atoms. The van der Waals surface area contributed by atoms with Crippen LogP contribution in [0.2, 0.25) is 0 Å². The highest BCUT2D eigenvalue weighted by Crippen LogP contribution is 2.14. The third-order valence-electron chi connectivity index (χ3n) is 2.59. The summed E-state index contributed by atoms with van der Waals surface area (Å²) in [6.45, 7) is 0.633. The second-order valence-corrected chi connectivity index (χ2v) is 4.10. The van der Waals surface area contributed by atoms with E-state index in [2.05, 4.69) is 5.32 Å². The molecule has 6 heteroatoms. The Morgan fingerprint density at radius 2 is 2.05 bits per heavy atom. The summed E-state index contributed by atoms with van der Waals surface area (Å²) in [4.78, 5) is 0. The van der Waals surface area contributed by atoms with Gasteiger partial charge in [0.2, 0.25) is 0 Å². The SMILES string of the molecule is COCC(O)CCNCc1c(F)cc(C#N)cc1F. The van der Waals surface area contributed by atoms with Crippen LogP contribution < -0.4 is 5.32 Å². The zero-order chi connectivity index (χ0) is 14.3. The topological polar surface area (TPSA) is 65.3 Å². The number of halogens is 2. The van der Waals surface area contributed by atoms with Crippen molar-refractivity contribution in [3.05, 3.63) is 34.9 Å². The number of benzene rings is 1. The van der Waals surface area contributed by atoms with Gasteiger partial charge in [-0.25, -0.2) is 8.78 Å². The Morgan fingerprint density at radius 1 is 1.42 bits per heavy atom. The van der Waals surface area contributed by atoms with Crippen LogP contribution in [0.3, 0.4) is 0 Å². The van der Waals surface area contributed by atoms with Gasteiger partial charge in [-0.1, -0.05) is 0 Å². The van der Waals surface area contributed by atoms with Crippen LogP contribution in [0.25, 0.3) is 0 Å². The van der Waals surface area contributed by atoms with Crippen molar-refractivity contribution in [2.24, 2.45) is 0 Å². The average Bonchev–Trinajstić information content (AvgIpc) is 2.37. The monoisotopic (exact) mass is 270 g/mol. The van der Waals surface area contributed by atoms with E-state index in [4.69, 9.17) is 10.00 Å². The van der Waals surface area contributed by atoms with Gasteiger partial charge in [0.1, 0.15) is 11.6 Å². The maximum atomic E-state index is 13.5. The molecule has 0 radical (unpaired) electrons. The van der Waals surface area contributed by atoms with E-state index in [1.54, 1.807) is 6.07 Å². The number of nitriles is 1. The van der Waals surface area contributed by atoms with E-state index in [0.29, 0.717) is 13.0 Å². The van der Waals surface area contributed by atoms with Crippen LogP contribution in [0.4, 0.5) is 8.78 Å². The molecule has 104 valence electrons. The summed E-state index contributed by atoms with van der Waals surface area (Å²) in [7, 11) is 1.48. The summed E-state index contributed by atoms with van der Waals surface area (Å²) in [6, 6.07) is 3.68. The Labute approximate surface area is 110 Å². The summed E-state index contributed by atoms with van der Waals surface area (Å²) in [5.41, 5.74) is -0.158. The molecule has 0 saturated carbocycles. The van der Waals surface area contributed by atoms with Gasteiger partial charge >= 0.3 is 0 Å². The molecule has 0 aliphatic rings. The van der Waals surface area contributed by atoms with Crippen molar-refractivity contribution in [2.45, 2.75) is 19.1 Å². The number of rotatable bonds is 7. The Hall–Kier alpha value is -1.55. The molecular formula is C13H16F2N2O2. The van der Waals surface area contributed by atoms with Crippen molar-refractivity contribution in [2.75, 3.05) is 20.3 Å². The molecule has 0 spiro atoms. The molecule has 4 nitrogen and oxygen atoms in total. The lowest BCUT2D eigenvalue weighted by Gasteiger charge is -2.11. The second-order valence-electron chi connectivity index (χ2n) is 4.10. The lowest BCUT2D eigenvalue weighted by atomic mass is 10.1. The summed E-state index contributed by atoms with van der Waals surface area (Å²) in [5.74, 6) is -1.50. The fraction of sp³-hybridized carbons (Fsp3) is 0.462. The highest BCUT2D eigenvalue weighted by atomic mass is 19.1. The number of hydrogen-bond acceptors (Lipinski definition) is 4. The van der Waals surface area contributed by atoms with Gasteiger partial charge in [-0.05, 0) is 25.1 Å². The Bertz CT molecular complexity index is 437. The van der Waals surface area contributed by atoms with Gasteiger partial charge in [0.25, 0.3) is 0 Å². The molecular weight excluding hydrogens is 254 g/mol. The largest absolute Gasteiger partial charge is 0.391 e. The minimum atomic E-state index is -0.749. The average molecular weight is 270 g/mol. The first-order valence-corrected chi connectivity index (χ1v) is 5.84. The van der Waals surface area contributed by atoms with Gasteiger partial charge < -0.3 is 15.2 Å². The number of aliphatic hydroxyl groups is 1. The number of aliphatic hydroxyl groups excluding tert-OH is 1. The zero-order valence-electron chi connectivity index (χ0n) is 10.6. The third kappa shape index (κ3) is 4.91. The van der Waals surface area contributed by atoms with Gasteiger partial charge in [0.15, 0.2) is 0 Å². The van der Waals surface area contributed by atoms with Gasteiger partial charge in [-0.2, -0.15) is 5.26 Å². The first-order valence-electron chi connectivity index (χ1n) is 5.84. The first-order chi connectivity index (χ1) is 9.08. The van der Waals surface area contributed by atoms with E-state index >= 15 is 0 Å². The molecule has 0 bridgehead atoms. The van der Waals surface area contributed by atoms with Crippen molar-refractivity contribution in [3.63, 3.8) is 0 Å². The molecule has 1 atom stereocenters. The maximum absolute atomic E-state index is 13.5. The van der Waals surface area contributed by atoms with Crippen LogP contribution in [0.15, 0.2) is 12.1 Å². The first kappa shape index (κ1) is 15.5. The zero-order valence-corrected chi connectivity index (χ0v) is 10.6. The lowest BCUT2D eigenvalue weighted by molar-refractivity contribution is 0.0594. The Balaban J connectivity index is 2.48. The summed E-state index contributed by atoms with van der Waals surface area (Å²) in [5, 5.41) is 20.8. The molecule has 0 aliphatic carbocycles. The van der Waals surface area contributed by atoms with Crippen LogP contribution in [0, 0.1) is 23.0 Å². The standard InChI is InChI=1S/C13H16F2N2O2/c1-19-8-10(18)2-3-17-7-11-12(14)4-9(6-16)5-13(11)15/h4-5,10,17-18H,2-3,7-8H2,1H3. The van der Waals surface area contributed by atoms with Gasteiger partial charge in [-0.15, -0.1) is 0 Å². The van der Waals surface area contributed by atoms with Crippen molar-refractivity contribution in [1.82, 2.24) is 5.32 Å². The summed E-state index contributed by atoms with van der Waals surface area (Å²) in [6.07, 6.45) is -0.180. The van der Waals surface area contributed by atoms with E-state index in [1.165, 1.54) is 7.11 Å². The normalized spacial score (nSPS) is 12.2. The summed E-state index contributed by atoms with van der Waals surface area (Å²) < 4.78 is 31.8. The van der Waals surface area contributed by atoms with E-state index in [9.17, 15) is 13.9 Å². The predicted molar refractivity (Wildman–Crippen MR) is 65.3 cm³/mol. The fourth-order valence-electron chi connectivity index (χ4n) is 1.59. The van der Waals surface area contributed by atoms with E-state index < -0.39 is 17.7 Å². The van der Waals surface area contributed by atoms with E-state index in [0.717, 1.165) is 12.1 Å². The lowest BCUT2D eigenvalue weighted by Crippen LogP contribution is -2.23. The van der Waals surface area contributed by atoms with Crippen LogP contribution in [-0.4, -0.2) is 31.5 Å². The highest BCUT2D eigenvalue weighted by molar-refractivity contribution is 5.34. The number of nitrogens with zero attached hydrogens (tertiary/aromatic N) is 1. The molecule has 0 amide bonds. The minimum Gasteiger partial charge on any atom is -0.391 e. The molecule has 1 aromatic rings. The van der Waals surface area contributed by atoms with Crippen molar-refractivity contribution < 1.29 is 18.6 Å². The van der Waals surface area contributed by atoms with Crippen molar-refractivity contribution in [1.29, 1.82) is 5.26 Å². The second kappa shape index (κ2) is 7.79. The molecule has 0 heterocycles. The van der Waals surface area contributed by atoms with Crippen molar-refractivity contribution >= 4 is 0 Å². The molecule has 0 fully saturated rings. The highest BCUT2D eigenvalue weighted by Gasteiger charge is 2.11. The Kier molecular flexibility index (Phi) is 6.36. The van der Waals surface area contributed by atoms with E-state index in [-0.39, 0.29) is 24.3 Å². The van der Waals surface area contributed by atoms with Crippen LogP contribution in [0.1, 0.15) is 17.5 Å². The third-order valence-corrected chi connectivity index (χ3v) is 2.59. The van der Waals surface area contributed by atoms with Crippen LogP contribution >= 0.6 is 0 Å². The quantitative estimate of drug-likeness (QED) is 0.733. The van der Waals surface area contributed by atoms with Crippen LogP contribution in [-0.2, 0) is 11.3 Å². The minimum absolute atomic E-state index is 0.00305.